The second kappa shape index (κ2) is 5.76. The van der Waals surface area contributed by atoms with Crippen molar-refractivity contribution < 1.29 is 4.39 Å². The van der Waals surface area contributed by atoms with E-state index in [9.17, 15) is 4.39 Å². The predicted molar refractivity (Wildman–Crippen MR) is 64.3 cm³/mol. The molecular weight excluding hydrogens is 217 g/mol. The molecule has 1 aliphatic heterocycles. The molecule has 4 heteroatoms. The Morgan fingerprint density at radius 1 is 1.29 bits per heavy atom. The maximum absolute atomic E-state index is 13.2. The number of benzene rings is 1. The van der Waals surface area contributed by atoms with E-state index in [2.05, 4.69) is 16.3 Å². The fourth-order valence-electron chi connectivity index (χ4n) is 2.17. The maximum atomic E-state index is 13.2. The van der Waals surface area contributed by atoms with Crippen LogP contribution >= 0.6 is 0 Å². The second-order valence-electron chi connectivity index (χ2n) is 4.19. The van der Waals surface area contributed by atoms with Crippen molar-refractivity contribution in [1.29, 1.82) is 5.26 Å². The average molecular weight is 233 g/mol. The Hall–Kier alpha value is -1.44. The van der Waals surface area contributed by atoms with Gasteiger partial charge in [-0.2, -0.15) is 5.26 Å². The summed E-state index contributed by atoms with van der Waals surface area (Å²) in [6.45, 7) is 3.18. The van der Waals surface area contributed by atoms with E-state index in [4.69, 9.17) is 5.26 Å². The Labute approximate surface area is 101 Å². The standard InChI is InChI=1S/C13H16FN3/c14-9-13(17-7-5-16-6-8-17)12-3-1-11(10-15)2-4-12/h1-4,13,16H,5-9H2/t13-/m0/s1. The van der Waals surface area contributed by atoms with E-state index in [1.54, 1.807) is 12.1 Å². The Kier molecular flexibility index (Phi) is 4.08. The van der Waals surface area contributed by atoms with E-state index in [0.717, 1.165) is 31.7 Å². The van der Waals surface area contributed by atoms with E-state index < -0.39 is 0 Å². The van der Waals surface area contributed by atoms with Gasteiger partial charge in [-0.1, -0.05) is 12.1 Å². The van der Waals surface area contributed by atoms with Gasteiger partial charge in [0.15, 0.2) is 0 Å². The van der Waals surface area contributed by atoms with Crippen LogP contribution in [0.4, 0.5) is 4.39 Å². The van der Waals surface area contributed by atoms with Crippen molar-refractivity contribution >= 4 is 0 Å². The molecule has 3 nitrogen and oxygen atoms in total. The van der Waals surface area contributed by atoms with Gasteiger partial charge in [-0.25, -0.2) is 4.39 Å². The molecule has 0 radical (unpaired) electrons. The highest BCUT2D eigenvalue weighted by atomic mass is 19.1. The lowest BCUT2D eigenvalue weighted by atomic mass is 10.0. The van der Waals surface area contributed by atoms with Crippen molar-refractivity contribution in [1.82, 2.24) is 10.2 Å². The normalized spacial score (nSPS) is 18.6. The van der Waals surface area contributed by atoms with Crippen LogP contribution in [-0.4, -0.2) is 37.8 Å². The molecule has 0 aromatic heterocycles. The van der Waals surface area contributed by atoms with Gasteiger partial charge in [0.2, 0.25) is 0 Å². The molecule has 1 atom stereocenters. The van der Waals surface area contributed by atoms with Crippen LogP contribution in [0.25, 0.3) is 0 Å². The maximum Gasteiger partial charge on any atom is 0.109 e. The van der Waals surface area contributed by atoms with Gasteiger partial charge in [0.25, 0.3) is 0 Å². The third-order valence-corrected chi connectivity index (χ3v) is 3.16. The summed E-state index contributed by atoms with van der Waals surface area (Å²) >= 11 is 0. The van der Waals surface area contributed by atoms with E-state index in [-0.39, 0.29) is 12.7 Å². The zero-order valence-electron chi connectivity index (χ0n) is 9.69. The molecule has 0 amide bonds. The van der Waals surface area contributed by atoms with Gasteiger partial charge in [0, 0.05) is 26.2 Å². The summed E-state index contributed by atoms with van der Waals surface area (Å²) in [5.74, 6) is 0. The molecule has 0 saturated carbocycles. The van der Waals surface area contributed by atoms with Crippen molar-refractivity contribution in [3.8, 4) is 6.07 Å². The van der Waals surface area contributed by atoms with Gasteiger partial charge in [-0.05, 0) is 17.7 Å². The summed E-state index contributed by atoms with van der Waals surface area (Å²) in [4.78, 5) is 2.15. The van der Waals surface area contributed by atoms with Crippen molar-refractivity contribution in [3.63, 3.8) is 0 Å². The van der Waals surface area contributed by atoms with E-state index >= 15 is 0 Å². The van der Waals surface area contributed by atoms with Crippen molar-refractivity contribution in [2.24, 2.45) is 0 Å². The zero-order chi connectivity index (χ0) is 12.1. The number of alkyl halides is 1. The highest BCUT2D eigenvalue weighted by Gasteiger charge is 2.21. The van der Waals surface area contributed by atoms with Gasteiger partial charge in [0.1, 0.15) is 6.67 Å². The van der Waals surface area contributed by atoms with Crippen molar-refractivity contribution in [2.75, 3.05) is 32.9 Å². The van der Waals surface area contributed by atoms with Crippen molar-refractivity contribution in [3.05, 3.63) is 35.4 Å². The highest BCUT2D eigenvalue weighted by Crippen LogP contribution is 2.22. The van der Waals surface area contributed by atoms with Crippen LogP contribution in [0.2, 0.25) is 0 Å². The van der Waals surface area contributed by atoms with E-state index in [1.165, 1.54) is 0 Å². The van der Waals surface area contributed by atoms with Crippen LogP contribution in [0, 0.1) is 11.3 Å². The van der Waals surface area contributed by atoms with Crippen LogP contribution < -0.4 is 5.32 Å². The third-order valence-electron chi connectivity index (χ3n) is 3.16. The predicted octanol–water partition coefficient (Wildman–Crippen LogP) is 1.47. The zero-order valence-corrected chi connectivity index (χ0v) is 9.69. The first-order chi connectivity index (χ1) is 8.35. The molecule has 0 bridgehead atoms. The molecule has 1 fully saturated rings. The quantitative estimate of drug-likeness (QED) is 0.859. The molecule has 0 unspecified atom stereocenters. The fraction of sp³-hybridized carbons (Fsp3) is 0.462. The second-order valence-corrected chi connectivity index (χ2v) is 4.19. The van der Waals surface area contributed by atoms with Gasteiger partial charge in [-0.3, -0.25) is 4.90 Å². The van der Waals surface area contributed by atoms with Crippen LogP contribution in [0.1, 0.15) is 17.2 Å². The summed E-state index contributed by atoms with van der Waals surface area (Å²) in [7, 11) is 0. The third kappa shape index (κ3) is 2.82. The molecule has 1 aliphatic rings. The first kappa shape index (κ1) is 12.0. The van der Waals surface area contributed by atoms with Crippen LogP contribution in [0.3, 0.4) is 0 Å². The summed E-state index contributed by atoms with van der Waals surface area (Å²) in [5.41, 5.74) is 1.57. The molecule has 1 saturated heterocycles. The lowest BCUT2D eigenvalue weighted by molar-refractivity contribution is 0.147. The number of nitriles is 1. The largest absolute Gasteiger partial charge is 0.314 e. The molecule has 1 heterocycles. The molecule has 0 aliphatic carbocycles. The fourth-order valence-corrected chi connectivity index (χ4v) is 2.17. The topological polar surface area (TPSA) is 39.1 Å². The summed E-state index contributed by atoms with van der Waals surface area (Å²) in [5, 5.41) is 12.0. The number of rotatable bonds is 3. The van der Waals surface area contributed by atoms with Crippen molar-refractivity contribution in [2.45, 2.75) is 6.04 Å². The van der Waals surface area contributed by atoms with E-state index in [1.807, 2.05) is 12.1 Å². The Balaban J connectivity index is 2.13. The Morgan fingerprint density at radius 3 is 2.47 bits per heavy atom. The smallest absolute Gasteiger partial charge is 0.109 e. The summed E-state index contributed by atoms with van der Waals surface area (Å²) in [6, 6.07) is 9.10. The number of halogens is 1. The lowest BCUT2D eigenvalue weighted by Crippen LogP contribution is -2.45. The monoisotopic (exact) mass is 233 g/mol. The van der Waals surface area contributed by atoms with Gasteiger partial charge < -0.3 is 5.32 Å². The molecular formula is C13H16FN3. The first-order valence-corrected chi connectivity index (χ1v) is 5.86. The average Bonchev–Trinajstić information content (AvgIpc) is 2.42. The number of nitrogens with zero attached hydrogens (tertiary/aromatic N) is 2. The SMILES string of the molecule is N#Cc1ccc([C@H](CF)N2CCNCC2)cc1. The highest BCUT2D eigenvalue weighted by molar-refractivity contribution is 5.33. The van der Waals surface area contributed by atoms with Crippen LogP contribution in [0.5, 0.6) is 0 Å². The molecule has 2 rings (SSSR count). The molecule has 1 N–H and O–H groups in total. The molecule has 90 valence electrons. The molecule has 17 heavy (non-hydrogen) atoms. The molecule has 0 spiro atoms. The molecule has 1 aromatic carbocycles. The van der Waals surface area contributed by atoms with Crippen LogP contribution in [-0.2, 0) is 0 Å². The summed E-state index contributed by atoms with van der Waals surface area (Å²) in [6.07, 6.45) is 0. The van der Waals surface area contributed by atoms with Gasteiger partial charge in [-0.15, -0.1) is 0 Å². The lowest BCUT2D eigenvalue weighted by Gasteiger charge is -2.33. The minimum Gasteiger partial charge on any atom is -0.314 e. The minimum absolute atomic E-state index is 0.176. The number of hydrogen-bond acceptors (Lipinski definition) is 3. The van der Waals surface area contributed by atoms with Gasteiger partial charge >= 0.3 is 0 Å². The Morgan fingerprint density at radius 2 is 1.94 bits per heavy atom. The number of piperazine rings is 1. The number of nitrogens with one attached hydrogen (secondary N) is 1. The minimum atomic E-state index is -0.383. The first-order valence-electron chi connectivity index (χ1n) is 5.86. The van der Waals surface area contributed by atoms with E-state index in [0.29, 0.717) is 5.56 Å². The summed E-state index contributed by atoms with van der Waals surface area (Å²) < 4.78 is 13.2. The Bertz CT molecular complexity index is 390. The number of hydrogen-bond donors (Lipinski definition) is 1. The molecule has 1 aromatic rings. The van der Waals surface area contributed by atoms with Crippen LogP contribution in [0.15, 0.2) is 24.3 Å². The van der Waals surface area contributed by atoms with Gasteiger partial charge in [0.05, 0.1) is 17.7 Å².